The highest BCUT2D eigenvalue weighted by Gasteiger charge is 2.14. The summed E-state index contributed by atoms with van der Waals surface area (Å²) < 4.78 is 26.8. The summed E-state index contributed by atoms with van der Waals surface area (Å²) in [5.41, 5.74) is 0.870. The highest BCUT2D eigenvalue weighted by Crippen LogP contribution is 2.22. The van der Waals surface area contributed by atoms with Crippen LogP contribution >= 0.6 is 11.6 Å². The maximum absolute atomic E-state index is 13.7. The third kappa shape index (κ3) is 4.24. The van der Waals surface area contributed by atoms with Gasteiger partial charge in [0.25, 0.3) is 0 Å². The maximum atomic E-state index is 13.7. The molecule has 1 atom stereocenters. The Morgan fingerprint density at radius 1 is 1.19 bits per heavy atom. The van der Waals surface area contributed by atoms with Gasteiger partial charge in [0.2, 0.25) is 0 Å². The smallest absolute Gasteiger partial charge is 0.129 e. The number of benzene rings is 2. The van der Waals surface area contributed by atoms with E-state index in [-0.39, 0.29) is 18.9 Å². The molecule has 0 aliphatic heterocycles. The minimum Gasteiger partial charge on any atom is -0.387 e. The Morgan fingerprint density at radius 2 is 1.90 bits per heavy atom. The zero-order valence-electron chi connectivity index (χ0n) is 11.6. The Kier molecular flexibility index (Phi) is 5.28. The monoisotopic (exact) mass is 311 g/mol. The molecule has 0 unspecified atom stereocenters. The maximum Gasteiger partial charge on any atom is 0.129 e. The average Bonchev–Trinajstić information content (AvgIpc) is 2.43. The largest absolute Gasteiger partial charge is 0.387 e. The van der Waals surface area contributed by atoms with Crippen LogP contribution in [0.2, 0.25) is 5.02 Å². The Labute approximate surface area is 127 Å². The summed E-state index contributed by atoms with van der Waals surface area (Å²) in [5, 5.41) is 10.4. The van der Waals surface area contributed by atoms with Crippen LogP contribution in [-0.2, 0) is 6.54 Å². The van der Waals surface area contributed by atoms with Gasteiger partial charge in [-0.2, -0.15) is 0 Å². The minimum absolute atomic E-state index is 0.244. The minimum atomic E-state index is -0.851. The number of nitrogens with zero attached hydrogens (tertiary/aromatic N) is 1. The fourth-order valence-electron chi connectivity index (χ4n) is 2.13. The van der Waals surface area contributed by atoms with Crippen LogP contribution in [0.25, 0.3) is 0 Å². The van der Waals surface area contributed by atoms with Crippen molar-refractivity contribution in [3.05, 3.63) is 70.2 Å². The van der Waals surface area contributed by atoms with Crippen molar-refractivity contribution in [2.75, 3.05) is 13.6 Å². The standard InChI is InChI=1S/C16H16ClF2NO/c1-20(9-13-14(17)6-3-7-15(13)19)10-16(21)11-4-2-5-12(18)8-11/h2-8,16,21H,9-10H2,1H3/t16-/m0/s1. The molecule has 0 amide bonds. The average molecular weight is 312 g/mol. The third-order valence-electron chi connectivity index (χ3n) is 3.21. The Morgan fingerprint density at radius 3 is 2.57 bits per heavy atom. The first-order valence-electron chi connectivity index (χ1n) is 6.52. The summed E-state index contributed by atoms with van der Waals surface area (Å²) >= 11 is 5.97. The first-order valence-corrected chi connectivity index (χ1v) is 6.90. The summed E-state index contributed by atoms with van der Waals surface area (Å²) in [4.78, 5) is 1.74. The highest BCUT2D eigenvalue weighted by atomic mass is 35.5. The van der Waals surface area contributed by atoms with E-state index in [2.05, 4.69) is 0 Å². The van der Waals surface area contributed by atoms with E-state index in [0.717, 1.165) is 0 Å². The molecular formula is C16H16ClF2NO. The molecule has 0 saturated heterocycles. The molecule has 0 heterocycles. The molecule has 0 bridgehead atoms. The number of halogens is 3. The molecule has 2 aromatic rings. The van der Waals surface area contributed by atoms with Crippen LogP contribution in [0.4, 0.5) is 8.78 Å². The van der Waals surface area contributed by atoms with Crippen LogP contribution < -0.4 is 0 Å². The van der Waals surface area contributed by atoms with E-state index in [0.29, 0.717) is 16.1 Å². The normalized spacial score (nSPS) is 12.7. The van der Waals surface area contributed by atoms with Gasteiger partial charge in [0, 0.05) is 23.7 Å². The van der Waals surface area contributed by atoms with E-state index in [1.165, 1.54) is 18.2 Å². The van der Waals surface area contributed by atoms with Crippen molar-refractivity contribution in [1.29, 1.82) is 0 Å². The highest BCUT2D eigenvalue weighted by molar-refractivity contribution is 6.31. The van der Waals surface area contributed by atoms with Crippen LogP contribution in [0.5, 0.6) is 0 Å². The number of rotatable bonds is 5. The zero-order chi connectivity index (χ0) is 15.4. The summed E-state index contributed by atoms with van der Waals surface area (Å²) in [6.07, 6.45) is -0.851. The molecule has 2 rings (SSSR count). The molecule has 0 fully saturated rings. The van der Waals surface area contributed by atoms with Gasteiger partial charge in [0.15, 0.2) is 0 Å². The fraction of sp³-hybridized carbons (Fsp3) is 0.250. The number of hydrogen-bond donors (Lipinski definition) is 1. The Bertz CT molecular complexity index is 601. The van der Waals surface area contributed by atoms with Gasteiger partial charge < -0.3 is 5.11 Å². The molecule has 112 valence electrons. The van der Waals surface area contributed by atoms with Gasteiger partial charge in [-0.25, -0.2) is 8.78 Å². The van der Waals surface area contributed by atoms with Gasteiger partial charge >= 0.3 is 0 Å². The molecule has 0 aromatic heterocycles. The Balaban J connectivity index is 2.03. The van der Waals surface area contributed by atoms with Gasteiger partial charge in [-0.15, -0.1) is 0 Å². The molecule has 0 aliphatic carbocycles. The molecule has 0 radical (unpaired) electrons. The third-order valence-corrected chi connectivity index (χ3v) is 3.56. The number of likely N-dealkylation sites (N-methyl/N-ethyl adjacent to an activating group) is 1. The Hall–Kier alpha value is -1.49. The van der Waals surface area contributed by atoms with Gasteiger partial charge in [-0.3, -0.25) is 4.90 Å². The molecule has 2 nitrogen and oxygen atoms in total. The second-order valence-corrected chi connectivity index (χ2v) is 5.37. The van der Waals surface area contributed by atoms with E-state index in [1.54, 1.807) is 36.2 Å². The van der Waals surface area contributed by atoms with Gasteiger partial charge in [0.1, 0.15) is 11.6 Å². The van der Waals surface area contributed by atoms with Crippen molar-refractivity contribution in [1.82, 2.24) is 4.90 Å². The molecule has 0 aliphatic rings. The molecule has 21 heavy (non-hydrogen) atoms. The fourth-order valence-corrected chi connectivity index (χ4v) is 2.36. The summed E-state index contributed by atoms with van der Waals surface area (Å²) in [7, 11) is 1.74. The van der Waals surface area contributed by atoms with Crippen molar-refractivity contribution >= 4 is 11.6 Å². The molecule has 0 spiro atoms. The first kappa shape index (κ1) is 15.9. The van der Waals surface area contributed by atoms with Crippen molar-refractivity contribution in [2.24, 2.45) is 0 Å². The van der Waals surface area contributed by atoms with E-state index in [9.17, 15) is 13.9 Å². The van der Waals surface area contributed by atoms with Crippen molar-refractivity contribution in [3.8, 4) is 0 Å². The van der Waals surface area contributed by atoms with Crippen LogP contribution in [0.3, 0.4) is 0 Å². The van der Waals surface area contributed by atoms with Crippen LogP contribution in [-0.4, -0.2) is 23.6 Å². The lowest BCUT2D eigenvalue weighted by Crippen LogP contribution is -2.25. The van der Waals surface area contributed by atoms with Gasteiger partial charge in [-0.05, 0) is 36.9 Å². The molecule has 2 aromatic carbocycles. The zero-order valence-corrected chi connectivity index (χ0v) is 12.3. The predicted octanol–water partition coefficient (Wildman–Crippen LogP) is 3.78. The van der Waals surface area contributed by atoms with E-state index < -0.39 is 11.9 Å². The van der Waals surface area contributed by atoms with Crippen LogP contribution in [0.15, 0.2) is 42.5 Å². The topological polar surface area (TPSA) is 23.5 Å². The second kappa shape index (κ2) is 6.98. The second-order valence-electron chi connectivity index (χ2n) is 4.97. The van der Waals surface area contributed by atoms with Crippen LogP contribution in [0, 0.1) is 11.6 Å². The predicted molar refractivity (Wildman–Crippen MR) is 79.1 cm³/mol. The van der Waals surface area contributed by atoms with E-state index in [1.807, 2.05) is 0 Å². The number of hydrogen-bond acceptors (Lipinski definition) is 2. The summed E-state index contributed by atoms with van der Waals surface area (Å²) in [5.74, 6) is -0.777. The van der Waals surface area contributed by atoms with Crippen LogP contribution in [0.1, 0.15) is 17.2 Å². The number of aliphatic hydroxyl groups is 1. The van der Waals surface area contributed by atoms with E-state index >= 15 is 0 Å². The molecular weight excluding hydrogens is 296 g/mol. The molecule has 0 saturated carbocycles. The van der Waals surface area contributed by atoms with E-state index in [4.69, 9.17) is 11.6 Å². The quantitative estimate of drug-likeness (QED) is 0.908. The molecule has 5 heteroatoms. The van der Waals surface area contributed by atoms with Gasteiger partial charge in [-0.1, -0.05) is 29.8 Å². The summed E-state index contributed by atoms with van der Waals surface area (Å²) in [6.45, 7) is 0.506. The van der Waals surface area contributed by atoms with Gasteiger partial charge in [0.05, 0.1) is 6.10 Å². The number of aliphatic hydroxyl groups excluding tert-OH is 1. The lowest BCUT2D eigenvalue weighted by atomic mass is 10.1. The lowest BCUT2D eigenvalue weighted by Gasteiger charge is -2.21. The summed E-state index contributed by atoms with van der Waals surface area (Å²) in [6, 6.07) is 10.3. The van der Waals surface area contributed by atoms with Crippen molar-refractivity contribution in [3.63, 3.8) is 0 Å². The first-order chi connectivity index (χ1) is 9.97. The molecule has 1 N–H and O–H groups in total. The van der Waals surface area contributed by atoms with Crippen molar-refractivity contribution < 1.29 is 13.9 Å². The SMILES string of the molecule is CN(Cc1c(F)cccc1Cl)C[C@H](O)c1cccc(F)c1. The van der Waals surface area contributed by atoms with Crippen molar-refractivity contribution in [2.45, 2.75) is 12.6 Å². The lowest BCUT2D eigenvalue weighted by molar-refractivity contribution is 0.123.